The minimum Gasteiger partial charge on any atom is -0.508 e. The van der Waals surface area contributed by atoms with Crippen molar-refractivity contribution in [3.8, 4) is 5.75 Å². The zero-order chi connectivity index (χ0) is 15.4. The molecule has 1 atom stereocenters. The van der Waals surface area contributed by atoms with Crippen molar-refractivity contribution in [1.82, 2.24) is 10.2 Å². The Labute approximate surface area is 119 Å². The molecule has 1 fully saturated rings. The van der Waals surface area contributed by atoms with E-state index in [-0.39, 0.29) is 18.9 Å². The lowest BCUT2D eigenvalue weighted by molar-refractivity contribution is -0.138. The Balaban J connectivity index is 2.04. The number of nitrogens with zero attached hydrogens (tertiary/aromatic N) is 1. The maximum Gasteiger partial charge on any atom is 0.410 e. The van der Waals surface area contributed by atoms with Crippen LogP contribution in [0.1, 0.15) is 5.56 Å². The first-order valence-electron chi connectivity index (χ1n) is 6.18. The molecule has 1 saturated heterocycles. The number of nitrogens with one attached hydrogen (secondary N) is 1. The molecule has 21 heavy (non-hydrogen) atoms. The van der Waals surface area contributed by atoms with Gasteiger partial charge in [-0.25, -0.2) is 4.79 Å². The van der Waals surface area contributed by atoms with Crippen molar-refractivity contribution in [3.05, 3.63) is 29.8 Å². The lowest BCUT2D eigenvalue weighted by atomic mass is 10.2. The van der Waals surface area contributed by atoms with Crippen LogP contribution in [0.15, 0.2) is 24.3 Å². The number of carbonyl (C=O) groups excluding carboxylic acids is 2. The van der Waals surface area contributed by atoms with E-state index in [2.05, 4.69) is 5.32 Å². The fraction of sp³-hybridized carbons (Fsp3) is 0.308. The molecule has 0 bridgehead atoms. The Kier molecular flexibility index (Phi) is 4.27. The number of cyclic esters (lactones) is 1. The smallest absolute Gasteiger partial charge is 0.410 e. The number of aliphatic carboxylic acids is 1. The predicted molar refractivity (Wildman–Crippen MR) is 69.4 cm³/mol. The third-order valence-corrected chi connectivity index (χ3v) is 2.98. The summed E-state index contributed by atoms with van der Waals surface area (Å²) in [7, 11) is 0. The van der Waals surface area contributed by atoms with Crippen LogP contribution in [0, 0.1) is 0 Å². The minimum absolute atomic E-state index is 0.0958. The van der Waals surface area contributed by atoms with Gasteiger partial charge >= 0.3 is 12.1 Å². The van der Waals surface area contributed by atoms with E-state index in [1.165, 1.54) is 17.0 Å². The topological polar surface area (TPSA) is 116 Å². The average molecular weight is 294 g/mol. The molecule has 1 aromatic rings. The van der Waals surface area contributed by atoms with Gasteiger partial charge in [0, 0.05) is 0 Å². The van der Waals surface area contributed by atoms with Gasteiger partial charge in [0.25, 0.3) is 0 Å². The Bertz CT molecular complexity index is 556. The van der Waals surface area contributed by atoms with Gasteiger partial charge < -0.3 is 20.3 Å². The minimum atomic E-state index is -1.17. The summed E-state index contributed by atoms with van der Waals surface area (Å²) in [5, 5.41) is 20.0. The summed E-state index contributed by atoms with van der Waals surface area (Å²) in [4.78, 5) is 35.2. The Morgan fingerprint density at radius 1 is 1.33 bits per heavy atom. The molecule has 8 nitrogen and oxygen atoms in total. The second kappa shape index (κ2) is 6.12. The van der Waals surface area contributed by atoms with Gasteiger partial charge in [0.1, 0.15) is 24.9 Å². The van der Waals surface area contributed by atoms with Crippen molar-refractivity contribution >= 4 is 18.0 Å². The first kappa shape index (κ1) is 14.6. The van der Waals surface area contributed by atoms with Crippen molar-refractivity contribution in [2.45, 2.75) is 12.6 Å². The van der Waals surface area contributed by atoms with Gasteiger partial charge in [-0.1, -0.05) is 12.1 Å². The number of aromatic hydroxyl groups is 1. The highest BCUT2D eigenvalue weighted by Gasteiger charge is 2.38. The Morgan fingerprint density at radius 2 is 2.00 bits per heavy atom. The lowest BCUT2D eigenvalue weighted by Crippen LogP contribution is -2.46. The number of carboxylic acid groups (broad SMARTS) is 1. The van der Waals surface area contributed by atoms with Gasteiger partial charge in [-0.3, -0.25) is 14.5 Å². The number of amides is 2. The third-order valence-electron chi connectivity index (χ3n) is 2.98. The number of hydrogen-bond acceptors (Lipinski definition) is 5. The molecule has 3 N–H and O–H groups in total. The summed E-state index contributed by atoms with van der Waals surface area (Å²) in [5.41, 5.74) is 0.711. The van der Waals surface area contributed by atoms with Crippen LogP contribution >= 0.6 is 0 Å². The maximum atomic E-state index is 11.9. The summed E-state index contributed by atoms with van der Waals surface area (Å²) in [6, 6.07) is 5.30. The van der Waals surface area contributed by atoms with Crippen LogP contribution in [0.4, 0.5) is 4.79 Å². The fourth-order valence-electron chi connectivity index (χ4n) is 1.92. The molecule has 0 unspecified atom stereocenters. The van der Waals surface area contributed by atoms with E-state index in [0.29, 0.717) is 5.56 Å². The predicted octanol–water partition coefficient (Wildman–Crippen LogP) is -0.0862. The van der Waals surface area contributed by atoms with E-state index < -0.39 is 30.6 Å². The number of hydrogen-bond donors (Lipinski definition) is 3. The van der Waals surface area contributed by atoms with Gasteiger partial charge in [-0.2, -0.15) is 0 Å². The molecule has 0 spiro atoms. The van der Waals surface area contributed by atoms with Gasteiger partial charge in [0.05, 0.1) is 6.54 Å². The summed E-state index contributed by atoms with van der Waals surface area (Å²) >= 11 is 0. The highest BCUT2D eigenvalue weighted by Crippen LogP contribution is 2.18. The Hall–Kier alpha value is -2.77. The number of carboxylic acids is 1. The van der Waals surface area contributed by atoms with Gasteiger partial charge in [0.2, 0.25) is 5.91 Å². The van der Waals surface area contributed by atoms with Crippen LogP contribution in [0.2, 0.25) is 0 Å². The molecular formula is C13H14N2O6. The molecule has 0 saturated carbocycles. The molecule has 2 rings (SSSR count). The number of carbonyl (C=O) groups is 3. The van der Waals surface area contributed by atoms with E-state index >= 15 is 0 Å². The number of rotatable bonds is 5. The second-order valence-corrected chi connectivity index (χ2v) is 4.50. The first-order chi connectivity index (χ1) is 9.97. The van der Waals surface area contributed by atoms with Crippen LogP contribution in [0.5, 0.6) is 5.75 Å². The molecule has 0 radical (unpaired) electrons. The molecule has 1 aliphatic heterocycles. The van der Waals surface area contributed by atoms with Crippen molar-refractivity contribution in [2.75, 3.05) is 13.2 Å². The summed E-state index contributed by atoms with van der Waals surface area (Å²) in [6.45, 7) is -0.511. The quantitative estimate of drug-likeness (QED) is 0.699. The van der Waals surface area contributed by atoms with E-state index in [1.807, 2.05) is 0 Å². The van der Waals surface area contributed by atoms with Crippen LogP contribution in [0.25, 0.3) is 0 Å². The molecule has 0 aliphatic carbocycles. The van der Waals surface area contributed by atoms with Crippen LogP contribution in [0.3, 0.4) is 0 Å². The van der Waals surface area contributed by atoms with Crippen LogP contribution in [-0.4, -0.2) is 52.3 Å². The van der Waals surface area contributed by atoms with E-state index in [9.17, 15) is 19.5 Å². The van der Waals surface area contributed by atoms with Crippen LogP contribution < -0.4 is 5.32 Å². The highest BCUT2D eigenvalue weighted by molar-refractivity contribution is 5.89. The van der Waals surface area contributed by atoms with Crippen molar-refractivity contribution in [1.29, 1.82) is 0 Å². The van der Waals surface area contributed by atoms with E-state index in [4.69, 9.17) is 9.84 Å². The monoisotopic (exact) mass is 294 g/mol. The zero-order valence-electron chi connectivity index (χ0n) is 11.0. The van der Waals surface area contributed by atoms with Crippen molar-refractivity contribution < 1.29 is 29.3 Å². The highest BCUT2D eigenvalue weighted by atomic mass is 16.6. The first-order valence-corrected chi connectivity index (χ1v) is 6.18. The number of ether oxygens (including phenoxy) is 1. The fourth-order valence-corrected chi connectivity index (χ4v) is 1.92. The van der Waals surface area contributed by atoms with Crippen LogP contribution in [-0.2, 0) is 20.9 Å². The lowest BCUT2D eigenvalue weighted by Gasteiger charge is -2.20. The molecule has 8 heteroatoms. The van der Waals surface area contributed by atoms with Gasteiger partial charge in [-0.15, -0.1) is 0 Å². The average Bonchev–Trinajstić information content (AvgIpc) is 2.80. The summed E-state index contributed by atoms with van der Waals surface area (Å²) in [6.07, 6.45) is -0.640. The zero-order valence-corrected chi connectivity index (χ0v) is 11.0. The van der Waals surface area contributed by atoms with Gasteiger partial charge in [-0.05, 0) is 17.7 Å². The number of phenolic OH excluding ortho intramolecular Hbond substituents is 1. The summed E-state index contributed by atoms with van der Waals surface area (Å²) in [5.74, 6) is -1.65. The molecule has 1 aromatic carbocycles. The molecule has 1 aliphatic rings. The van der Waals surface area contributed by atoms with E-state index in [0.717, 1.165) is 0 Å². The Morgan fingerprint density at radius 3 is 2.62 bits per heavy atom. The normalized spacial score (nSPS) is 17.4. The number of phenols is 1. The second-order valence-electron chi connectivity index (χ2n) is 4.50. The molecular weight excluding hydrogens is 280 g/mol. The largest absolute Gasteiger partial charge is 0.508 e. The van der Waals surface area contributed by atoms with Gasteiger partial charge in [0.15, 0.2) is 0 Å². The number of benzene rings is 1. The maximum absolute atomic E-state index is 11.9. The van der Waals surface area contributed by atoms with E-state index in [1.54, 1.807) is 12.1 Å². The molecule has 112 valence electrons. The van der Waals surface area contributed by atoms with Crippen molar-refractivity contribution in [3.63, 3.8) is 0 Å². The third kappa shape index (κ3) is 3.62. The molecule has 0 aromatic heterocycles. The molecule has 1 heterocycles. The standard InChI is InChI=1S/C13H14N2O6/c16-9-3-1-8(2-4-9)6-15-10(7-21-13(15)20)12(19)14-5-11(17)18/h1-4,10,16H,5-7H2,(H,14,19)(H,17,18)/t10-/m0/s1. The summed E-state index contributed by atoms with van der Waals surface area (Å²) < 4.78 is 4.83. The van der Waals surface area contributed by atoms with Crippen molar-refractivity contribution in [2.24, 2.45) is 0 Å². The molecule has 2 amide bonds. The SMILES string of the molecule is O=C(O)CNC(=O)[C@@H]1COC(=O)N1Cc1ccc(O)cc1.